The third-order valence-electron chi connectivity index (χ3n) is 9.79. The van der Waals surface area contributed by atoms with Crippen LogP contribution in [0.25, 0.3) is 0 Å². The predicted octanol–water partition coefficient (Wildman–Crippen LogP) is -2.30. The molecule has 0 radical (unpaired) electrons. The van der Waals surface area contributed by atoms with E-state index in [9.17, 15) is 61.7 Å². The number of nitrogens with one attached hydrogen (secondary N) is 5. The van der Waals surface area contributed by atoms with E-state index in [0.717, 1.165) is 4.90 Å². The summed E-state index contributed by atoms with van der Waals surface area (Å²) >= 11 is 0. The number of carbonyl (C=O) groups is 9. The molecular weight excluding hydrogens is 896 g/mol. The number of carboxylic acid groups (broad SMARTS) is 2. The largest absolute Gasteiger partial charge is 0.490 e. The van der Waals surface area contributed by atoms with Crippen molar-refractivity contribution in [3.8, 4) is 0 Å². The molecule has 0 spiro atoms. The zero-order valence-electron chi connectivity index (χ0n) is 37.7. The van der Waals surface area contributed by atoms with Crippen molar-refractivity contribution in [2.75, 3.05) is 19.7 Å². The lowest BCUT2D eigenvalue weighted by Crippen LogP contribution is -2.60. The third kappa shape index (κ3) is 22.0. The number of amides is 7. The average molecular weight is 960 g/mol. The number of aliphatic hydroxyl groups excluding tert-OH is 1. The number of halogens is 3. The lowest BCUT2D eigenvalue weighted by molar-refractivity contribution is -0.192. The Morgan fingerprint density at radius 3 is 1.66 bits per heavy atom. The zero-order valence-corrected chi connectivity index (χ0v) is 37.7. The van der Waals surface area contributed by atoms with Crippen molar-refractivity contribution in [1.29, 1.82) is 0 Å². The Morgan fingerprint density at radius 1 is 0.746 bits per heavy atom. The number of hydrogen-bond acceptors (Lipinski definition) is 12. The summed E-state index contributed by atoms with van der Waals surface area (Å²) < 4.78 is 31.7. The molecule has 1 aliphatic rings. The number of aliphatic carboxylic acids is 2. The highest BCUT2D eigenvalue weighted by atomic mass is 19.4. The number of aliphatic hydroxyl groups is 1. The molecule has 1 heterocycles. The Bertz CT molecular complexity index is 1890. The molecule has 26 heteroatoms. The highest BCUT2D eigenvalue weighted by molar-refractivity contribution is 5.98. The molecule has 0 bridgehead atoms. The van der Waals surface area contributed by atoms with Crippen LogP contribution in [0, 0.1) is 11.8 Å². The molecule has 0 saturated carbocycles. The third-order valence-corrected chi connectivity index (χ3v) is 9.79. The summed E-state index contributed by atoms with van der Waals surface area (Å²) in [4.78, 5) is 120. The molecule has 7 atom stereocenters. The van der Waals surface area contributed by atoms with Crippen LogP contribution >= 0.6 is 0 Å². The number of carbonyl (C=O) groups excluding carboxylic acids is 7. The van der Waals surface area contributed by atoms with Crippen molar-refractivity contribution < 1.29 is 71.6 Å². The quantitative estimate of drug-likeness (QED) is 0.0279. The molecule has 1 aromatic carbocycles. The summed E-state index contributed by atoms with van der Waals surface area (Å²) in [6.07, 6.45) is -4.84. The summed E-state index contributed by atoms with van der Waals surface area (Å²) in [5, 5.41) is 39.2. The summed E-state index contributed by atoms with van der Waals surface area (Å²) in [7, 11) is 0. The minimum atomic E-state index is -5.08. The fraction of sp³-hybridized carbons (Fsp3) is 0.610. The van der Waals surface area contributed by atoms with E-state index < -0.39 is 115 Å². The van der Waals surface area contributed by atoms with Gasteiger partial charge < -0.3 is 69.7 Å². The molecule has 67 heavy (non-hydrogen) atoms. The van der Waals surface area contributed by atoms with Crippen LogP contribution in [0.3, 0.4) is 0 Å². The second-order valence-corrected chi connectivity index (χ2v) is 16.5. The Kier molecular flexibility index (Phi) is 24.8. The molecule has 0 aromatic heterocycles. The van der Waals surface area contributed by atoms with Gasteiger partial charge in [0.25, 0.3) is 0 Å². The molecule has 23 nitrogen and oxygen atoms in total. The zero-order chi connectivity index (χ0) is 51.2. The highest BCUT2D eigenvalue weighted by Crippen LogP contribution is 2.20. The molecule has 376 valence electrons. The molecule has 7 amide bonds. The number of likely N-dealkylation sites (tertiary alicyclic amines) is 1. The van der Waals surface area contributed by atoms with E-state index in [1.807, 2.05) is 13.8 Å². The number of rotatable bonds is 25. The molecule has 0 unspecified atom stereocenters. The number of benzene rings is 1. The van der Waals surface area contributed by atoms with Gasteiger partial charge in [-0.3, -0.25) is 38.6 Å². The average Bonchev–Trinajstić information content (AvgIpc) is 3.73. The number of alkyl halides is 3. The normalized spacial score (nSPS) is 16.1. The van der Waals surface area contributed by atoms with Crippen LogP contribution in [0.1, 0.15) is 78.2 Å². The van der Waals surface area contributed by atoms with E-state index in [1.165, 1.54) is 0 Å². The lowest BCUT2D eigenvalue weighted by Gasteiger charge is -2.29. The highest BCUT2D eigenvalue weighted by Gasteiger charge is 2.40. The molecule has 16 N–H and O–H groups in total. The van der Waals surface area contributed by atoms with Crippen LogP contribution in [-0.4, -0.2) is 148 Å². The van der Waals surface area contributed by atoms with E-state index in [4.69, 9.17) is 32.8 Å². The first-order chi connectivity index (χ1) is 31.2. The van der Waals surface area contributed by atoms with Crippen molar-refractivity contribution in [3.63, 3.8) is 0 Å². The van der Waals surface area contributed by atoms with E-state index in [1.54, 1.807) is 44.2 Å². The molecule has 1 aromatic rings. The van der Waals surface area contributed by atoms with Crippen LogP contribution < -0.4 is 49.5 Å². The second-order valence-electron chi connectivity index (χ2n) is 16.5. The summed E-state index contributed by atoms with van der Waals surface area (Å²) in [5.74, 6) is -10.2. The fourth-order valence-electron chi connectivity index (χ4n) is 6.58. The van der Waals surface area contributed by atoms with Crippen LogP contribution in [-0.2, 0) is 49.6 Å². The van der Waals surface area contributed by atoms with Crippen LogP contribution in [0.15, 0.2) is 35.3 Å². The van der Waals surface area contributed by atoms with Gasteiger partial charge in [-0.15, -0.1) is 0 Å². The Labute approximate surface area is 384 Å². The molecule has 2 rings (SSSR count). The second kappa shape index (κ2) is 28.5. The van der Waals surface area contributed by atoms with Gasteiger partial charge in [0, 0.05) is 19.5 Å². The maximum Gasteiger partial charge on any atom is 0.490 e. The molecule has 1 aliphatic heterocycles. The molecule has 1 fully saturated rings. The minimum Gasteiger partial charge on any atom is -0.480 e. The topological polar surface area (TPSA) is 394 Å². The first-order valence-corrected chi connectivity index (χ1v) is 21.3. The Balaban J connectivity index is 0.00000295. The maximum atomic E-state index is 14.0. The number of guanidine groups is 1. The monoisotopic (exact) mass is 959 g/mol. The van der Waals surface area contributed by atoms with E-state index in [0.29, 0.717) is 12.0 Å². The first kappa shape index (κ1) is 58.4. The van der Waals surface area contributed by atoms with Gasteiger partial charge in [0.15, 0.2) is 5.96 Å². The van der Waals surface area contributed by atoms with E-state index in [2.05, 4.69) is 31.6 Å². The number of hydrogen-bond donors (Lipinski definition) is 12. The van der Waals surface area contributed by atoms with E-state index in [-0.39, 0.29) is 69.4 Å². The van der Waals surface area contributed by atoms with Crippen molar-refractivity contribution in [2.45, 2.75) is 128 Å². The van der Waals surface area contributed by atoms with Gasteiger partial charge >= 0.3 is 18.1 Å². The maximum absolute atomic E-state index is 14.0. The standard InChI is InChI=1S/C39H63N11O10.C2HF3O2/c1-21(2)16-26(47-35(56)27(17-22(3)4)48-36(57)28(46-32(53)24(40)20-51)18-23-10-6-5-7-11-23)34(55)45-25(12-8-14-44-39(42)43)33(54)49-29(19-31(41)52)37(58)50-15-9-13-30(50)38(59)60;3-2(4,5)1(6)7/h5-7,10-11,21-22,24-30,51H,8-9,12-20,40H2,1-4H3,(H2,41,52)(H,45,55)(H,46,53)(H,47,56)(H,48,57)(H,49,54)(H,59,60)(H4,42,43,44);(H,6,7)/t24-,25-,26-,27-,28-,29-,30-;/m0./s1. The van der Waals surface area contributed by atoms with Crippen LogP contribution in [0.2, 0.25) is 0 Å². The van der Waals surface area contributed by atoms with Crippen molar-refractivity contribution in [1.82, 2.24) is 31.5 Å². The summed E-state index contributed by atoms with van der Waals surface area (Å²) in [6, 6.07) is -0.236. The van der Waals surface area contributed by atoms with Gasteiger partial charge in [-0.25, -0.2) is 9.59 Å². The van der Waals surface area contributed by atoms with Gasteiger partial charge in [0.05, 0.1) is 13.0 Å². The number of nitrogens with zero attached hydrogens (tertiary/aromatic N) is 2. The van der Waals surface area contributed by atoms with Crippen molar-refractivity contribution in [3.05, 3.63) is 35.9 Å². The molecule has 1 saturated heterocycles. The molecular formula is C41H64F3N11O12. The summed E-state index contributed by atoms with van der Waals surface area (Å²) in [6.45, 7) is 6.71. The Morgan fingerprint density at radius 2 is 1.21 bits per heavy atom. The smallest absolute Gasteiger partial charge is 0.480 e. The fourth-order valence-corrected chi connectivity index (χ4v) is 6.58. The van der Waals surface area contributed by atoms with Gasteiger partial charge in [0.2, 0.25) is 41.4 Å². The predicted molar refractivity (Wildman–Crippen MR) is 234 cm³/mol. The van der Waals surface area contributed by atoms with Crippen LogP contribution in [0.5, 0.6) is 0 Å². The van der Waals surface area contributed by atoms with Gasteiger partial charge in [-0.05, 0) is 55.9 Å². The lowest BCUT2D eigenvalue weighted by atomic mass is 9.98. The van der Waals surface area contributed by atoms with Gasteiger partial charge in [0.1, 0.15) is 42.3 Å². The number of primary amides is 1. The minimum absolute atomic E-state index is 0.0294. The van der Waals surface area contributed by atoms with Crippen molar-refractivity contribution in [2.24, 2.45) is 39.8 Å². The van der Waals surface area contributed by atoms with Gasteiger partial charge in [-0.2, -0.15) is 13.2 Å². The Hall–Kier alpha value is -6.57. The molecule has 0 aliphatic carbocycles. The van der Waals surface area contributed by atoms with Crippen molar-refractivity contribution >= 4 is 59.2 Å². The number of aliphatic imine (C=N–C) groups is 1. The summed E-state index contributed by atoms with van der Waals surface area (Å²) in [5.41, 5.74) is 22.7. The van der Waals surface area contributed by atoms with E-state index >= 15 is 0 Å². The number of carboxylic acids is 2. The number of nitrogens with two attached hydrogens (primary N) is 4. The first-order valence-electron chi connectivity index (χ1n) is 21.3. The van der Waals surface area contributed by atoms with Gasteiger partial charge in [-0.1, -0.05) is 58.0 Å². The van der Waals surface area contributed by atoms with Crippen LogP contribution in [0.4, 0.5) is 13.2 Å². The SMILES string of the molecule is CC(C)C[C@H](NC(=O)[C@H](CC(C)C)NC(=O)[C@H](Cc1ccccc1)NC(=O)[C@@H](N)CO)C(=O)N[C@@H](CCCN=C(N)N)C(=O)N[C@@H](CC(N)=O)C(=O)N1CCC[C@H]1C(=O)O.O=C(O)C(F)(F)F.